The fourth-order valence-corrected chi connectivity index (χ4v) is 1.91. The van der Waals surface area contributed by atoms with Gasteiger partial charge in [-0.05, 0) is 18.2 Å². The molecule has 2 aromatic rings. The molecule has 0 saturated heterocycles. The first-order valence-corrected chi connectivity index (χ1v) is 5.60. The van der Waals surface area contributed by atoms with Gasteiger partial charge in [0, 0.05) is 12.0 Å². The molecule has 4 heteroatoms. The van der Waals surface area contributed by atoms with Gasteiger partial charge in [-0.1, -0.05) is 18.2 Å². The summed E-state index contributed by atoms with van der Waals surface area (Å²) in [5.74, 6) is -0.340. The van der Waals surface area contributed by atoms with Crippen LogP contribution in [0, 0.1) is 0 Å². The van der Waals surface area contributed by atoms with E-state index in [9.17, 15) is 9.90 Å². The molecule has 0 aliphatic heterocycles. The maximum atomic E-state index is 11.4. The molecule has 0 radical (unpaired) electrons. The molecule has 0 fully saturated rings. The van der Waals surface area contributed by atoms with Crippen molar-refractivity contribution in [3.05, 3.63) is 54.0 Å². The van der Waals surface area contributed by atoms with Crippen LogP contribution in [-0.2, 0) is 11.2 Å². The number of benzene rings is 1. The van der Waals surface area contributed by atoms with Crippen molar-refractivity contribution in [3.8, 4) is 5.75 Å². The van der Waals surface area contributed by atoms with Crippen LogP contribution in [0.1, 0.15) is 17.2 Å². The first kappa shape index (κ1) is 12.2. The summed E-state index contributed by atoms with van der Waals surface area (Å²) in [6.45, 7) is 0. The molecule has 1 aromatic carbocycles. The summed E-state index contributed by atoms with van der Waals surface area (Å²) in [5.41, 5.74) is 0.656. The number of hydrogen-bond acceptors (Lipinski definition) is 3. The van der Waals surface area contributed by atoms with E-state index in [4.69, 9.17) is 9.15 Å². The lowest BCUT2D eigenvalue weighted by Gasteiger charge is -2.14. The van der Waals surface area contributed by atoms with E-state index in [2.05, 4.69) is 0 Å². The highest BCUT2D eigenvalue weighted by Crippen LogP contribution is 2.29. The SMILES string of the molecule is COc1ccccc1C(Cc1ccco1)C(=O)O. The van der Waals surface area contributed by atoms with Crippen LogP contribution in [0.4, 0.5) is 0 Å². The summed E-state index contributed by atoms with van der Waals surface area (Å²) in [4.78, 5) is 11.4. The largest absolute Gasteiger partial charge is 0.496 e. The highest BCUT2D eigenvalue weighted by atomic mass is 16.5. The maximum absolute atomic E-state index is 11.4. The van der Waals surface area contributed by atoms with Gasteiger partial charge in [0.25, 0.3) is 0 Å². The molecular weight excluding hydrogens is 232 g/mol. The third-order valence-corrected chi connectivity index (χ3v) is 2.80. The molecule has 2 rings (SSSR count). The van der Waals surface area contributed by atoms with E-state index < -0.39 is 11.9 Å². The Morgan fingerprint density at radius 3 is 2.72 bits per heavy atom. The van der Waals surface area contributed by atoms with Crippen molar-refractivity contribution in [2.75, 3.05) is 7.11 Å². The molecule has 1 N–H and O–H groups in total. The average Bonchev–Trinajstić information content (AvgIpc) is 2.88. The van der Waals surface area contributed by atoms with Gasteiger partial charge in [0.15, 0.2) is 0 Å². The predicted octanol–water partition coefficient (Wildman–Crippen LogP) is 2.70. The zero-order valence-electron chi connectivity index (χ0n) is 10.00. The van der Waals surface area contributed by atoms with E-state index in [1.54, 1.807) is 30.3 Å². The summed E-state index contributed by atoms with van der Waals surface area (Å²) in [6, 6.07) is 10.7. The molecule has 0 spiro atoms. The lowest BCUT2D eigenvalue weighted by atomic mass is 9.94. The van der Waals surface area contributed by atoms with Crippen LogP contribution in [0.25, 0.3) is 0 Å². The molecule has 4 nitrogen and oxygen atoms in total. The van der Waals surface area contributed by atoms with E-state index >= 15 is 0 Å². The summed E-state index contributed by atoms with van der Waals surface area (Å²) in [7, 11) is 1.53. The second-order valence-electron chi connectivity index (χ2n) is 3.92. The Hall–Kier alpha value is -2.23. The smallest absolute Gasteiger partial charge is 0.311 e. The van der Waals surface area contributed by atoms with Gasteiger partial charge in [-0.15, -0.1) is 0 Å². The minimum absolute atomic E-state index is 0.308. The number of para-hydroxylation sites is 1. The second-order valence-corrected chi connectivity index (χ2v) is 3.92. The number of carboxylic acid groups (broad SMARTS) is 1. The van der Waals surface area contributed by atoms with Crippen molar-refractivity contribution in [2.24, 2.45) is 0 Å². The van der Waals surface area contributed by atoms with Crippen molar-refractivity contribution >= 4 is 5.97 Å². The maximum Gasteiger partial charge on any atom is 0.311 e. The Balaban J connectivity index is 2.32. The fourth-order valence-electron chi connectivity index (χ4n) is 1.91. The molecule has 0 aliphatic carbocycles. The highest BCUT2D eigenvalue weighted by Gasteiger charge is 2.24. The first-order chi connectivity index (χ1) is 8.72. The predicted molar refractivity (Wildman–Crippen MR) is 65.8 cm³/mol. The molecular formula is C14H14O4. The Morgan fingerprint density at radius 1 is 1.33 bits per heavy atom. The van der Waals surface area contributed by atoms with Gasteiger partial charge in [0.1, 0.15) is 11.5 Å². The van der Waals surface area contributed by atoms with E-state index in [0.717, 1.165) is 0 Å². The fraction of sp³-hybridized carbons (Fsp3) is 0.214. The number of carboxylic acids is 1. The molecule has 0 amide bonds. The monoisotopic (exact) mass is 246 g/mol. The first-order valence-electron chi connectivity index (χ1n) is 5.60. The standard InChI is InChI=1S/C14H14O4/c1-17-13-7-3-2-6-11(13)12(14(15)16)9-10-5-4-8-18-10/h2-8,12H,9H2,1H3,(H,15,16). The average molecular weight is 246 g/mol. The van der Waals surface area contributed by atoms with Crippen molar-refractivity contribution < 1.29 is 19.1 Å². The molecule has 1 aromatic heterocycles. The highest BCUT2D eigenvalue weighted by molar-refractivity contribution is 5.77. The van der Waals surface area contributed by atoms with Gasteiger partial charge < -0.3 is 14.3 Å². The van der Waals surface area contributed by atoms with Crippen molar-refractivity contribution in [1.29, 1.82) is 0 Å². The molecule has 1 atom stereocenters. The van der Waals surface area contributed by atoms with Crippen LogP contribution in [0.5, 0.6) is 5.75 Å². The summed E-state index contributed by atoms with van der Waals surface area (Å²) >= 11 is 0. The topological polar surface area (TPSA) is 59.7 Å². The van der Waals surface area contributed by atoms with Crippen molar-refractivity contribution in [2.45, 2.75) is 12.3 Å². The van der Waals surface area contributed by atoms with E-state index in [0.29, 0.717) is 23.5 Å². The number of methoxy groups -OCH3 is 1. The van der Waals surface area contributed by atoms with Gasteiger partial charge >= 0.3 is 5.97 Å². The number of hydrogen-bond donors (Lipinski definition) is 1. The number of carbonyl (C=O) groups is 1. The number of aliphatic carboxylic acids is 1. The third-order valence-electron chi connectivity index (χ3n) is 2.80. The van der Waals surface area contributed by atoms with Gasteiger partial charge in [-0.25, -0.2) is 0 Å². The summed E-state index contributed by atoms with van der Waals surface area (Å²) < 4.78 is 10.4. The lowest BCUT2D eigenvalue weighted by molar-refractivity contribution is -0.138. The Labute approximate surface area is 105 Å². The van der Waals surface area contributed by atoms with Crippen LogP contribution < -0.4 is 4.74 Å². The molecule has 0 aliphatic rings. The van der Waals surface area contributed by atoms with Gasteiger partial charge in [-0.3, -0.25) is 4.79 Å². The second kappa shape index (κ2) is 5.40. The minimum atomic E-state index is -0.893. The van der Waals surface area contributed by atoms with Crippen LogP contribution in [0.15, 0.2) is 47.1 Å². The van der Waals surface area contributed by atoms with E-state index in [1.807, 2.05) is 6.07 Å². The lowest BCUT2D eigenvalue weighted by Crippen LogP contribution is -2.15. The molecule has 1 heterocycles. The van der Waals surface area contributed by atoms with E-state index in [1.165, 1.54) is 13.4 Å². The van der Waals surface area contributed by atoms with Gasteiger partial charge in [0.05, 0.1) is 19.3 Å². The molecule has 18 heavy (non-hydrogen) atoms. The normalized spacial score (nSPS) is 12.1. The Morgan fingerprint density at radius 2 is 2.11 bits per heavy atom. The zero-order valence-corrected chi connectivity index (χ0v) is 10.00. The minimum Gasteiger partial charge on any atom is -0.496 e. The number of furan rings is 1. The number of ether oxygens (including phenoxy) is 1. The molecule has 0 saturated carbocycles. The zero-order chi connectivity index (χ0) is 13.0. The van der Waals surface area contributed by atoms with Crippen LogP contribution in [-0.4, -0.2) is 18.2 Å². The van der Waals surface area contributed by atoms with Crippen LogP contribution in [0.2, 0.25) is 0 Å². The Kier molecular flexibility index (Phi) is 3.67. The van der Waals surface area contributed by atoms with Gasteiger partial charge in [0.2, 0.25) is 0 Å². The quantitative estimate of drug-likeness (QED) is 0.881. The summed E-state index contributed by atoms with van der Waals surface area (Å²) in [5, 5.41) is 9.35. The molecule has 1 unspecified atom stereocenters. The van der Waals surface area contributed by atoms with Gasteiger partial charge in [-0.2, -0.15) is 0 Å². The number of rotatable bonds is 5. The van der Waals surface area contributed by atoms with Crippen LogP contribution in [0.3, 0.4) is 0 Å². The molecule has 0 bridgehead atoms. The Bertz CT molecular complexity index is 516. The third kappa shape index (κ3) is 2.53. The van der Waals surface area contributed by atoms with Crippen molar-refractivity contribution in [1.82, 2.24) is 0 Å². The van der Waals surface area contributed by atoms with E-state index in [-0.39, 0.29) is 0 Å². The van der Waals surface area contributed by atoms with Crippen molar-refractivity contribution in [3.63, 3.8) is 0 Å². The molecule has 94 valence electrons. The van der Waals surface area contributed by atoms with Crippen LogP contribution >= 0.6 is 0 Å². The summed E-state index contributed by atoms with van der Waals surface area (Å²) in [6.07, 6.45) is 1.85.